The van der Waals surface area contributed by atoms with E-state index in [2.05, 4.69) is 15.9 Å². The number of carbonyl (C=O) groups excluding carboxylic acids is 1. The van der Waals surface area contributed by atoms with Crippen LogP contribution in [0.25, 0.3) is 6.08 Å². The number of halogens is 1. The van der Waals surface area contributed by atoms with Crippen molar-refractivity contribution >= 4 is 27.8 Å². The van der Waals surface area contributed by atoms with Crippen LogP contribution in [0.4, 0.5) is 0 Å². The number of rotatable bonds is 4. The number of hydrogen-bond donors (Lipinski definition) is 0. The highest BCUT2D eigenvalue weighted by atomic mass is 79.9. The minimum absolute atomic E-state index is 0.112. The number of ketones is 1. The quantitative estimate of drug-likeness (QED) is 0.771. The molecule has 0 aliphatic carbocycles. The Bertz CT molecular complexity index is 541. The van der Waals surface area contributed by atoms with Crippen molar-refractivity contribution < 1.29 is 4.79 Å². The second kappa shape index (κ2) is 6.31. The van der Waals surface area contributed by atoms with E-state index in [0.29, 0.717) is 6.42 Å². The van der Waals surface area contributed by atoms with Crippen molar-refractivity contribution in [3.8, 4) is 0 Å². The Labute approximate surface area is 115 Å². The standard InChI is InChI=1S/C16H13BrO/c17-15-9-6-14(7-10-15)12-16(18)11-8-13-4-2-1-3-5-13/h1-11H,12H2/b11-8+. The van der Waals surface area contributed by atoms with Crippen LogP contribution in [0, 0.1) is 0 Å². The van der Waals surface area contributed by atoms with Gasteiger partial charge in [0, 0.05) is 10.9 Å². The maximum atomic E-state index is 11.8. The SMILES string of the molecule is O=C(/C=C/c1ccccc1)Cc1ccc(Br)cc1. The summed E-state index contributed by atoms with van der Waals surface area (Å²) in [5, 5.41) is 0. The molecule has 90 valence electrons. The summed E-state index contributed by atoms with van der Waals surface area (Å²) in [6.07, 6.45) is 3.93. The lowest BCUT2D eigenvalue weighted by Gasteiger charge is -1.98. The Morgan fingerprint density at radius 2 is 1.67 bits per heavy atom. The van der Waals surface area contributed by atoms with Gasteiger partial charge in [0.2, 0.25) is 0 Å². The van der Waals surface area contributed by atoms with Gasteiger partial charge in [0.25, 0.3) is 0 Å². The molecule has 0 bridgehead atoms. The van der Waals surface area contributed by atoms with Gasteiger partial charge in [-0.2, -0.15) is 0 Å². The molecule has 0 amide bonds. The van der Waals surface area contributed by atoms with Gasteiger partial charge in [-0.15, -0.1) is 0 Å². The van der Waals surface area contributed by atoms with E-state index in [-0.39, 0.29) is 5.78 Å². The van der Waals surface area contributed by atoms with Gasteiger partial charge >= 0.3 is 0 Å². The zero-order valence-electron chi connectivity index (χ0n) is 9.84. The van der Waals surface area contributed by atoms with Gasteiger partial charge in [-0.25, -0.2) is 0 Å². The number of carbonyl (C=O) groups is 1. The third-order valence-electron chi connectivity index (χ3n) is 2.55. The third kappa shape index (κ3) is 3.97. The number of benzene rings is 2. The third-order valence-corrected chi connectivity index (χ3v) is 3.08. The van der Waals surface area contributed by atoms with Crippen LogP contribution in [0.5, 0.6) is 0 Å². The van der Waals surface area contributed by atoms with E-state index in [4.69, 9.17) is 0 Å². The second-order valence-corrected chi connectivity index (χ2v) is 4.93. The Kier molecular flexibility index (Phi) is 4.48. The summed E-state index contributed by atoms with van der Waals surface area (Å²) < 4.78 is 1.03. The van der Waals surface area contributed by atoms with Crippen LogP contribution < -0.4 is 0 Å². The van der Waals surface area contributed by atoms with E-state index in [9.17, 15) is 4.79 Å². The van der Waals surface area contributed by atoms with Gasteiger partial charge in [0.05, 0.1) is 0 Å². The van der Waals surface area contributed by atoms with Gasteiger partial charge in [0.15, 0.2) is 5.78 Å². The molecule has 0 spiro atoms. The molecule has 0 fully saturated rings. The minimum Gasteiger partial charge on any atom is -0.294 e. The summed E-state index contributed by atoms with van der Waals surface area (Å²) in [4.78, 5) is 11.8. The van der Waals surface area contributed by atoms with Crippen molar-refractivity contribution in [2.24, 2.45) is 0 Å². The van der Waals surface area contributed by atoms with Crippen LogP contribution in [0.3, 0.4) is 0 Å². The Morgan fingerprint density at radius 3 is 2.33 bits per heavy atom. The summed E-state index contributed by atoms with van der Waals surface area (Å²) >= 11 is 3.37. The van der Waals surface area contributed by atoms with Crippen LogP contribution in [0.2, 0.25) is 0 Å². The number of hydrogen-bond acceptors (Lipinski definition) is 1. The van der Waals surface area contributed by atoms with Crippen LogP contribution >= 0.6 is 15.9 Å². The predicted molar refractivity (Wildman–Crippen MR) is 78.3 cm³/mol. The van der Waals surface area contributed by atoms with E-state index in [0.717, 1.165) is 15.6 Å². The maximum Gasteiger partial charge on any atom is 0.160 e. The van der Waals surface area contributed by atoms with Gasteiger partial charge in [-0.1, -0.05) is 64.5 Å². The van der Waals surface area contributed by atoms with Gasteiger partial charge in [-0.05, 0) is 29.3 Å². The highest BCUT2D eigenvalue weighted by Crippen LogP contribution is 2.11. The molecule has 0 atom stereocenters. The van der Waals surface area contributed by atoms with Crippen molar-refractivity contribution in [1.29, 1.82) is 0 Å². The predicted octanol–water partition coefficient (Wildman–Crippen LogP) is 4.27. The van der Waals surface area contributed by atoms with Crippen molar-refractivity contribution in [2.75, 3.05) is 0 Å². The molecule has 2 rings (SSSR count). The smallest absolute Gasteiger partial charge is 0.160 e. The molecule has 18 heavy (non-hydrogen) atoms. The fraction of sp³-hybridized carbons (Fsp3) is 0.0625. The van der Waals surface area contributed by atoms with Crippen molar-refractivity contribution in [1.82, 2.24) is 0 Å². The monoisotopic (exact) mass is 300 g/mol. The van der Waals surface area contributed by atoms with E-state index >= 15 is 0 Å². The first-order chi connectivity index (χ1) is 8.74. The maximum absolute atomic E-state index is 11.8. The molecule has 0 saturated carbocycles. The molecule has 0 radical (unpaired) electrons. The molecule has 1 nitrogen and oxygen atoms in total. The molecule has 0 heterocycles. The topological polar surface area (TPSA) is 17.1 Å². The van der Waals surface area contributed by atoms with Crippen LogP contribution in [-0.4, -0.2) is 5.78 Å². The molecule has 2 aromatic rings. The van der Waals surface area contributed by atoms with Crippen LogP contribution in [0.15, 0.2) is 65.1 Å². The van der Waals surface area contributed by atoms with E-state index in [1.807, 2.05) is 60.7 Å². The molecule has 2 aromatic carbocycles. The summed E-state index contributed by atoms with van der Waals surface area (Å²) in [5.74, 6) is 0.112. The molecular weight excluding hydrogens is 288 g/mol. The van der Waals surface area contributed by atoms with Gasteiger partial charge in [-0.3, -0.25) is 4.79 Å². The normalized spacial score (nSPS) is 10.7. The molecule has 0 unspecified atom stereocenters. The first-order valence-electron chi connectivity index (χ1n) is 5.74. The lowest BCUT2D eigenvalue weighted by Crippen LogP contribution is -1.97. The van der Waals surface area contributed by atoms with Gasteiger partial charge in [0.1, 0.15) is 0 Å². The zero-order valence-corrected chi connectivity index (χ0v) is 11.4. The second-order valence-electron chi connectivity index (χ2n) is 4.01. The molecule has 0 N–H and O–H groups in total. The van der Waals surface area contributed by atoms with Crippen LogP contribution in [0.1, 0.15) is 11.1 Å². The largest absolute Gasteiger partial charge is 0.294 e. The molecule has 2 heteroatoms. The Morgan fingerprint density at radius 1 is 1.00 bits per heavy atom. The van der Waals surface area contributed by atoms with E-state index < -0.39 is 0 Å². The fourth-order valence-electron chi connectivity index (χ4n) is 1.62. The first-order valence-corrected chi connectivity index (χ1v) is 6.54. The van der Waals surface area contributed by atoms with Crippen molar-refractivity contribution in [3.63, 3.8) is 0 Å². The fourth-order valence-corrected chi connectivity index (χ4v) is 1.88. The highest BCUT2D eigenvalue weighted by Gasteiger charge is 1.99. The zero-order chi connectivity index (χ0) is 12.8. The molecule has 0 aromatic heterocycles. The molecular formula is C16H13BrO. The lowest BCUT2D eigenvalue weighted by molar-refractivity contribution is -0.113. The summed E-state index contributed by atoms with van der Waals surface area (Å²) in [6.45, 7) is 0. The highest BCUT2D eigenvalue weighted by molar-refractivity contribution is 9.10. The Balaban J connectivity index is 1.97. The van der Waals surface area contributed by atoms with E-state index in [1.165, 1.54) is 0 Å². The lowest BCUT2D eigenvalue weighted by atomic mass is 10.1. The first kappa shape index (κ1) is 12.8. The van der Waals surface area contributed by atoms with Gasteiger partial charge < -0.3 is 0 Å². The summed E-state index contributed by atoms with van der Waals surface area (Å²) in [5.41, 5.74) is 2.07. The summed E-state index contributed by atoms with van der Waals surface area (Å²) in [7, 11) is 0. The van der Waals surface area contributed by atoms with E-state index in [1.54, 1.807) is 6.08 Å². The Hall–Kier alpha value is -1.67. The number of allylic oxidation sites excluding steroid dienone is 1. The molecule has 0 aliphatic rings. The average molecular weight is 301 g/mol. The average Bonchev–Trinajstić information content (AvgIpc) is 2.40. The van der Waals surface area contributed by atoms with Crippen LogP contribution in [-0.2, 0) is 11.2 Å². The summed E-state index contributed by atoms with van der Waals surface area (Å²) in [6, 6.07) is 17.6. The molecule has 0 saturated heterocycles. The van der Waals surface area contributed by atoms with Crippen molar-refractivity contribution in [3.05, 3.63) is 76.3 Å². The minimum atomic E-state index is 0.112. The molecule has 0 aliphatic heterocycles. The van der Waals surface area contributed by atoms with Crippen molar-refractivity contribution in [2.45, 2.75) is 6.42 Å².